The Labute approximate surface area is 142 Å². The Balaban J connectivity index is 3.05. The number of carbonyl (C=O) groups is 2. The van der Waals surface area contributed by atoms with Crippen LogP contribution in [0.2, 0.25) is 0 Å². The molecule has 0 aliphatic rings. The van der Waals surface area contributed by atoms with E-state index in [0.29, 0.717) is 11.1 Å². The lowest BCUT2D eigenvalue weighted by Gasteiger charge is -2.23. The number of benzene rings is 1. The van der Waals surface area contributed by atoms with Crippen LogP contribution in [-0.4, -0.2) is 31.9 Å². The summed E-state index contributed by atoms with van der Waals surface area (Å²) in [5.41, 5.74) is 0.615. The van der Waals surface area contributed by atoms with Crippen molar-refractivity contribution in [1.82, 2.24) is 5.32 Å². The molecule has 0 radical (unpaired) electrons. The van der Waals surface area contributed by atoms with Crippen molar-refractivity contribution in [1.29, 1.82) is 0 Å². The minimum Gasteiger partial charge on any atom is -0.449 e. The number of amides is 1. The zero-order chi connectivity index (χ0) is 18.9. The van der Waals surface area contributed by atoms with Crippen LogP contribution in [0.25, 0.3) is 0 Å². The molecule has 1 aromatic rings. The number of primary sulfonamides is 1. The van der Waals surface area contributed by atoms with Crippen molar-refractivity contribution in [3.8, 4) is 0 Å². The van der Waals surface area contributed by atoms with E-state index in [-0.39, 0.29) is 10.5 Å². The fourth-order valence-corrected chi connectivity index (χ4v) is 2.87. The van der Waals surface area contributed by atoms with Gasteiger partial charge in [-0.3, -0.25) is 4.79 Å². The van der Waals surface area contributed by atoms with E-state index in [4.69, 9.17) is 9.88 Å². The monoisotopic (exact) mass is 356 g/mol. The number of esters is 1. The summed E-state index contributed by atoms with van der Waals surface area (Å²) in [5, 5.41) is 7.87. The third-order valence-corrected chi connectivity index (χ3v) is 4.35. The summed E-state index contributed by atoms with van der Waals surface area (Å²) in [4.78, 5) is 24.1. The van der Waals surface area contributed by atoms with Gasteiger partial charge in [-0.1, -0.05) is 0 Å². The summed E-state index contributed by atoms with van der Waals surface area (Å²) >= 11 is 0. The molecule has 0 aliphatic carbocycles. The highest BCUT2D eigenvalue weighted by molar-refractivity contribution is 7.89. The first kappa shape index (κ1) is 20.1. The molecule has 3 N–H and O–H groups in total. The van der Waals surface area contributed by atoms with Crippen LogP contribution in [0.5, 0.6) is 0 Å². The second-order valence-corrected chi connectivity index (χ2v) is 8.28. The van der Waals surface area contributed by atoms with Crippen molar-refractivity contribution in [3.63, 3.8) is 0 Å². The van der Waals surface area contributed by atoms with Gasteiger partial charge in [0.2, 0.25) is 10.0 Å². The molecule has 8 heteroatoms. The highest BCUT2D eigenvalue weighted by Gasteiger charge is 2.24. The molecule has 0 aliphatic heterocycles. The molecule has 0 aromatic heterocycles. The first-order valence-corrected chi connectivity index (χ1v) is 8.94. The molecule has 1 unspecified atom stereocenters. The molecule has 0 fully saturated rings. The molecule has 0 saturated heterocycles. The lowest BCUT2D eigenvalue weighted by Crippen LogP contribution is -2.46. The van der Waals surface area contributed by atoms with Crippen LogP contribution < -0.4 is 10.5 Å². The maximum absolute atomic E-state index is 12.2. The Kier molecular flexibility index (Phi) is 5.78. The van der Waals surface area contributed by atoms with E-state index >= 15 is 0 Å². The largest absolute Gasteiger partial charge is 0.449 e. The maximum Gasteiger partial charge on any atom is 0.338 e. The third kappa shape index (κ3) is 5.31. The number of hydrogen-bond acceptors (Lipinski definition) is 5. The third-order valence-electron chi connectivity index (χ3n) is 3.31. The smallest absolute Gasteiger partial charge is 0.338 e. The normalized spacial score (nSPS) is 13.3. The number of aryl methyl sites for hydroxylation is 1. The van der Waals surface area contributed by atoms with Gasteiger partial charge in [0.05, 0.1) is 10.5 Å². The van der Waals surface area contributed by atoms with Crippen molar-refractivity contribution >= 4 is 21.9 Å². The average molecular weight is 356 g/mol. The second kappa shape index (κ2) is 6.90. The topological polar surface area (TPSA) is 116 Å². The predicted octanol–water partition coefficient (Wildman–Crippen LogP) is 1.41. The molecular weight excluding hydrogens is 332 g/mol. The maximum atomic E-state index is 12.2. The standard InChI is InChI=1S/C16H24N2O5S/c1-9-7-12(8-13(10(9)2)24(17,21)22)15(20)23-11(3)14(19)18-16(4,5)6/h7-8,11H,1-6H3,(H,18,19)(H2,17,21,22). The highest BCUT2D eigenvalue weighted by atomic mass is 32.2. The van der Waals surface area contributed by atoms with Gasteiger partial charge < -0.3 is 10.1 Å². The van der Waals surface area contributed by atoms with Gasteiger partial charge >= 0.3 is 5.97 Å². The molecule has 0 heterocycles. The zero-order valence-corrected chi connectivity index (χ0v) is 15.6. The van der Waals surface area contributed by atoms with Crippen molar-refractivity contribution in [2.45, 2.75) is 58.1 Å². The molecular formula is C16H24N2O5S. The molecule has 0 bridgehead atoms. The fraction of sp³-hybridized carbons (Fsp3) is 0.500. The van der Waals surface area contributed by atoms with Crippen LogP contribution in [0.3, 0.4) is 0 Å². The number of carbonyl (C=O) groups excluding carboxylic acids is 2. The SMILES string of the molecule is Cc1cc(C(=O)OC(C)C(=O)NC(C)(C)C)cc(S(N)(=O)=O)c1C. The van der Waals surface area contributed by atoms with Gasteiger partial charge in [0.25, 0.3) is 5.91 Å². The zero-order valence-electron chi connectivity index (χ0n) is 14.8. The molecule has 1 atom stereocenters. The Morgan fingerprint density at radius 3 is 2.21 bits per heavy atom. The number of rotatable bonds is 4. The Hall–Kier alpha value is -1.93. The van der Waals surface area contributed by atoms with Gasteiger partial charge in [0, 0.05) is 5.54 Å². The van der Waals surface area contributed by atoms with Gasteiger partial charge in [-0.05, 0) is 64.8 Å². The van der Waals surface area contributed by atoms with E-state index in [9.17, 15) is 18.0 Å². The number of ether oxygens (including phenoxy) is 1. The second-order valence-electron chi connectivity index (χ2n) is 6.75. The molecule has 24 heavy (non-hydrogen) atoms. The van der Waals surface area contributed by atoms with Crippen molar-refractivity contribution in [2.24, 2.45) is 5.14 Å². The first-order chi connectivity index (χ1) is 10.7. The molecule has 0 spiro atoms. The number of sulfonamides is 1. The molecule has 0 saturated carbocycles. The van der Waals surface area contributed by atoms with E-state index < -0.39 is 33.5 Å². The first-order valence-electron chi connectivity index (χ1n) is 7.39. The number of hydrogen-bond donors (Lipinski definition) is 2. The fourth-order valence-electron chi connectivity index (χ4n) is 1.99. The van der Waals surface area contributed by atoms with Crippen LogP contribution in [0.4, 0.5) is 0 Å². The predicted molar refractivity (Wildman–Crippen MR) is 90.1 cm³/mol. The molecule has 1 rings (SSSR count). The molecule has 134 valence electrons. The molecule has 1 aromatic carbocycles. The Morgan fingerprint density at radius 1 is 1.21 bits per heavy atom. The molecule has 7 nitrogen and oxygen atoms in total. The lowest BCUT2D eigenvalue weighted by molar-refractivity contribution is -0.130. The van der Waals surface area contributed by atoms with Crippen molar-refractivity contribution < 1.29 is 22.7 Å². The van der Waals surface area contributed by atoms with E-state index in [0.717, 1.165) is 6.07 Å². The minimum absolute atomic E-state index is 0.0255. The van der Waals surface area contributed by atoms with Gasteiger partial charge in [-0.25, -0.2) is 18.4 Å². The van der Waals surface area contributed by atoms with E-state index in [2.05, 4.69) is 5.32 Å². The van der Waals surface area contributed by atoms with E-state index in [1.807, 2.05) is 0 Å². The summed E-state index contributed by atoms with van der Waals surface area (Å²) in [6.07, 6.45) is -1.02. The summed E-state index contributed by atoms with van der Waals surface area (Å²) in [5.74, 6) is -1.23. The summed E-state index contributed by atoms with van der Waals surface area (Å²) in [7, 11) is -3.97. The summed E-state index contributed by atoms with van der Waals surface area (Å²) < 4.78 is 28.4. The Bertz CT molecular complexity index is 763. The van der Waals surface area contributed by atoms with Crippen LogP contribution in [-0.2, 0) is 19.6 Å². The van der Waals surface area contributed by atoms with Gasteiger partial charge in [0.1, 0.15) is 0 Å². The van der Waals surface area contributed by atoms with E-state index in [1.165, 1.54) is 13.0 Å². The lowest BCUT2D eigenvalue weighted by atomic mass is 10.1. The average Bonchev–Trinajstić information content (AvgIpc) is 2.38. The van der Waals surface area contributed by atoms with Crippen LogP contribution >= 0.6 is 0 Å². The molecule has 1 amide bonds. The van der Waals surface area contributed by atoms with Gasteiger partial charge in [0.15, 0.2) is 6.10 Å². The van der Waals surface area contributed by atoms with Crippen LogP contribution in [0.1, 0.15) is 49.2 Å². The summed E-state index contributed by atoms with van der Waals surface area (Å²) in [6, 6.07) is 2.66. The van der Waals surface area contributed by atoms with Crippen molar-refractivity contribution in [3.05, 3.63) is 28.8 Å². The Morgan fingerprint density at radius 2 is 1.75 bits per heavy atom. The minimum atomic E-state index is -3.97. The highest BCUT2D eigenvalue weighted by Crippen LogP contribution is 2.21. The van der Waals surface area contributed by atoms with Crippen LogP contribution in [0.15, 0.2) is 17.0 Å². The van der Waals surface area contributed by atoms with E-state index in [1.54, 1.807) is 34.6 Å². The number of nitrogens with one attached hydrogen (secondary N) is 1. The quantitative estimate of drug-likeness (QED) is 0.791. The van der Waals surface area contributed by atoms with Crippen LogP contribution in [0, 0.1) is 13.8 Å². The van der Waals surface area contributed by atoms with Gasteiger partial charge in [-0.2, -0.15) is 0 Å². The summed E-state index contributed by atoms with van der Waals surface area (Å²) in [6.45, 7) is 10.1. The van der Waals surface area contributed by atoms with Gasteiger partial charge in [-0.15, -0.1) is 0 Å². The number of nitrogens with two attached hydrogens (primary N) is 1. The van der Waals surface area contributed by atoms with Crippen molar-refractivity contribution in [2.75, 3.05) is 0 Å².